The number of carbonyl (C=O) groups excluding carboxylic acids is 1. The molecule has 1 aromatic carbocycles. The molecular weight excluding hydrogens is 166 g/mol. The minimum Gasteiger partial charge on any atom is -0.506 e. The van der Waals surface area contributed by atoms with Gasteiger partial charge in [-0.3, -0.25) is 4.79 Å². The van der Waals surface area contributed by atoms with Crippen molar-refractivity contribution < 1.29 is 9.90 Å². The lowest BCUT2D eigenvalue weighted by Crippen LogP contribution is -1.86. The Morgan fingerprint density at radius 1 is 1.54 bits per heavy atom. The Labute approximate surface area is 76.5 Å². The average Bonchev–Trinajstić information content (AvgIpc) is 2.07. The topological polar surface area (TPSA) is 63.3 Å². The lowest BCUT2D eigenvalue weighted by Gasteiger charge is -1.98. The van der Waals surface area contributed by atoms with E-state index in [1.165, 1.54) is 19.1 Å². The number of rotatable bonds is 2. The van der Waals surface area contributed by atoms with E-state index >= 15 is 0 Å². The second-order valence-electron chi connectivity index (χ2n) is 2.76. The van der Waals surface area contributed by atoms with Crippen LogP contribution in [-0.2, 0) is 4.79 Å². The lowest BCUT2D eigenvalue weighted by atomic mass is 10.1. The molecule has 0 amide bonds. The van der Waals surface area contributed by atoms with Crippen molar-refractivity contribution in [2.75, 3.05) is 5.73 Å². The molecule has 0 saturated heterocycles. The van der Waals surface area contributed by atoms with Crippen LogP contribution in [0.1, 0.15) is 12.5 Å². The number of nitrogens with two attached hydrogens (primary N) is 1. The van der Waals surface area contributed by atoms with Crippen LogP contribution in [0.5, 0.6) is 5.75 Å². The molecule has 0 aliphatic heterocycles. The van der Waals surface area contributed by atoms with Gasteiger partial charge in [-0.05, 0) is 30.7 Å². The maximum atomic E-state index is 10.6. The molecule has 0 atom stereocenters. The summed E-state index contributed by atoms with van der Waals surface area (Å²) in [6, 6.07) is 4.79. The number of hydrogen-bond donors (Lipinski definition) is 2. The normalized spacial score (nSPS) is 10.5. The summed E-state index contributed by atoms with van der Waals surface area (Å²) in [5.41, 5.74) is 6.57. The van der Waals surface area contributed by atoms with Crippen LogP contribution in [0.15, 0.2) is 24.3 Å². The van der Waals surface area contributed by atoms with Crippen molar-refractivity contribution in [2.24, 2.45) is 0 Å². The first-order chi connectivity index (χ1) is 6.09. The highest BCUT2D eigenvalue weighted by molar-refractivity contribution is 5.91. The molecule has 3 N–H and O–H groups in total. The SMILES string of the molecule is CC(=O)/C=C/c1ccc(O)c(N)c1. The summed E-state index contributed by atoms with van der Waals surface area (Å²) in [5, 5.41) is 9.11. The summed E-state index contributed by atoms with van der Waals surface area (Å²) in [7, 11) is 0. The van der Waals surface area contributed by atoms with Crippen molar-refractivity contribution in [2.45, 2.75) is 6.92 Å². The number of benzene rings is 1. The Morgan fingerprint density at radius 2 is 2.23 bits per heavy atom. The maximum absolute atomic E-state index is 10.6. The number of ketones is 1. The molecule has 0 spiro atoms. The van der Waals surface area contributed by atoms with Crippen LogP contribution in [0, 0.1) is 0 Å². The van der Waals surface area contributed by atoms with E-state index in [0.717, 1.165) is 5.56 Å². The van der Waals surface area contributed by atoms with E-state index in [2.05, 4.69) is 0 Å². The van der Waals surface area contributed by atoms with E-state index in [1.54, 1.807) is 18.2 Å². The summed E-state index contributed by atoms with van der Waals surface area (Å²) in [6.45, 7) is 1.47. The number of nitrogen functional groups attached to an aromatic ring is 1. The van der Waals surface area contributed by atoms with E-state index in [4.69, 9.17) is 10.8 Å². The molecule has 13 heavy (non-hydrogen) atoms. The molecule has 0 saturated carbocycles. The summed E-state index contributed by atoms with van der Waals surface area (Å²) in [4.78, 5) is 10.6. The number of phenols is 1. The summed E-state index contributed by atoms with van der Waals surface area (Å²) < 4.78 is 0. The molecule has 0 aliphatic rings. The molecule has 1 rings (SSSR count). The standard InChI is InChI=1S/C10H11NO2/c1-7(12)2-3-8-4-5-10(13)9(11)6-8/h2-6,13H,11H2,1H3/b3-2+. The van der Waals surface area contributed by atoms with Crippen molar-refractivity contribution in [3.63, 3.8) is 0 Å². The first kappa shape index (κ1) is 9.32. The summed E-state index contributed by atoms with van der Waals surface area (Å²) >= 11 is 0. The van der Waals surface area contributed by atoms with Gasteiger partial charge in [0.25, 0.3) is 0 Å². The van der Waals surface area contributed by atoms with Crippen LogP contribution < -0.4 is 5.73 Å². The van der Waals surface area contributed by atoms with Crippen molar-refractivity contribution in [1.29, 1.82) is 0 Å². The Hall–Kier alpha value is -1.77. The maximum Gasteiger partial charge on any atom is 0.152 e. The van der Waals surface area contributed by atoms with Gasteiger partial charge in [-0.2, -0.15) is 0 Å². The molecule has 0 heterocycles. The number of carbonyl (C=O) groups is 1. The smallest absolute Gasteiger partial charge is 0.152 e. The van der Waals surface area contributed by atoms with E-state index in [1.807, 2.05) is 0 Å². The average molecular weight is 177 g/mol. The molecule has 3 nitrogen and oxygen atoms in total. The van der Waals surface area contributed by atoms with Gasteiger partial charge in [0.05, 0.1) is 5.69 Å². The quantitative estimate of drug-likeness (QED) is 0.409. The van der Waals surface area contributed by atoms with Gasteiger partial charge in [0.15, 0.2) is 5.78 Å². The molecule has 3 heteroatoms. The van der Waals surface area contributed by atoms with Gasteiger partial charge in [-0.1, -0.05) is 12.1 Å². The highest BCUT2D eigenvalue weighted by Gasteiger charge is 1.95. The van der Waals surface area contributed by atoms with Gasteiger partial charge in [0, 0.05) is 0 Å². The Bertz CT molecular complexity index is 356. The predicted molar refractivity (Wildman–Crippen MR) is 52.2 cm³/mol. The zero-order chi connectivity index (χ0) is 9.84. The van der Waals surface area contributed by atoms with E-state index in [9.17, 15) is 4.79 Å². The van der Waals surface area contributed by atoms with Gasteiger partial charge in [-0.25, -0.2) is 0 Å². The largest absolute Gasteiger partial charge is 0.506 e. The number of allylic oxidation sites excluding steroid dienone is 1. The molecule has 1 aromatic rings. The predicted octanol–water partition coefficient (Wildman–Crippen LogP) is 1.58. The first-order valence-electron chi connectivity index (χ1n) is 3.87. The van der Waals surface area contributed by atoms with Crippen molar-refractivity contribution in [3.05, 3.63) is 29.8 Å². The third-order valence-corrected chi connectivity index (χ3v) is 1.56. The summed E-state index contributed by atoms with van der Waals surface area (Å²) in [5.74, 6) is 0.0339. The van der Waals surface area contributed by atoms with Crippen LogP contribution in [-0.4, -0.2) is 10.9 Å². The zero-order valence-electron chi connectivity index (χ0n) is 7.32. The van der Waals surface area contributed by atoms with E-state index in [-0.39, 0.29) is 11.5 Å². The van der Waals surface area contributed by atoms with Crippen molar-refractivity contribution >= 4 is 17.5 Å². The highest BCUT2D eigenvalue weighted by Crippen LogP contribution is 2.20. The van der Waals surface area contributed by atoms with Gasteiger partial charge in [0.1, 0.15) is 5.75 Å². The molecule has 0 aromatic heterocycles. The molecule has 0 fully saturated rings. The number of hydrogen-bond acceptors (Lipinski definition) is 3. The second kappa shape index (κ2) is 3.76. The lowest BCUT2D eigenvalue weighted by molar-refractivity contribution is -0.112. The number of aromatic hydroxyl groups is 1. The first-order valence-corrected chi connectivity index (χ1v) is 3.87. The summed E-state index contributed by atoms with van der Waals surface area (Å²) in [6.07, 6.45) is 3.10. The van der Waals surface area contributed by atoms with Crippen LogP contribution >= 0.6 is 0 Å². The van der Waals surface area contributed by atoms with Gasteiger partial charge in [0.2, 0.25) is 0 Å². The van der Waals surface area contributed by atoms with Crippen LogP contribution in [0.2, 0.25) is 0 Å². The molecule has 0 radical (unpaired) electrons. The van der Waals surface area contributed by atoms with Crippen LogP contribution in [0.25, 0.3) is 6.08 Å². The van der Waals surface area contributed by atoms with Gasteiger partial charge >= 0.3 is 0 Å². The van der Waals surface area contributed by atoms with Gasteiger partial charge < -0.3 is 10.8 Å². The van der Waals surface area contributed by atoms with Crippen molar-refractivity contribution in [1.82, 2.24) is 0 Å². The van der Waals surface area contributed by atoms with Crippen LogP contribution in [0.3, 0.4) is 0 Å². The Morgan fingerprint density at radius 3 is 2.77 bits per heavy atom. The van der Waals surface area contributed by atoms with Crippen molar-refractivity contribution in [3.8, 4) is 5.75 Å². The molecular formula is C10H11NO2. The third kappa shape index (κ3) is 2.63. The van der Waals surface area contributed by atoms with E-state index in [0.29, 0.717) is 5.69 Å². The minimum absolute atomic E-state index is 0.0216. The second-order valence-corrected chi connectivity index (χ2v) is 2.76. The fourth-order valence-corrected chi connectivity index (χ4v) is 0.890. The number of anilines is 1. The minimum atomic E-state index is -0.0216. The highest BCUT2D eigenvalue weighted by atomic mass is 16.3. The molecule has 68 valence electrons. The van der Waals surface area contributed by atoms with Gasteiger partial charge in [-0.15, -0.1) is 0 Å². The number of phenolic OH excluding ortho intramolecular Hbond substituents is 1. The monoisotopic (exact) mass is 177 g/mol. The molecule has 0 bridgehead atoms. The van der Waals surface area contributed by atoms with Crippen LogP contribution in [0.4, 0.5) is 5.69 Å². The van der Waals surface area contributed by atoms with E-state index < -0.39 is 0 Å². The zero-order valence-corrected chi connectivity index (χ0v) is 7.32. The Balaban J connectivity index is 2.92. The third-order valence-electron chi connectivity index (χ3n) is 1.56. The molecule has 0 aliphatic carbocycles. The fourth-order valence-electron chi connectivity index (χ4n) is 0.890. The fraction of sp³-hybridized carbons (Fsp3) is 0.100. The molecule has 0 unspecified atom stereocenters. The Kier molecular flexibility index (Phi) is 2.69.